The van der Waals surface area contributed by atoms with Crippen LogP contribution in [0.3, 0.4) is 0 Å². The van der Waals surface area contributed by atoms with Gasteiger partial charge in [-0.25, -0.2) is 19.2 Å². The van der Waals surface area contributed by atoms with E-state index in [0.717, 1.165) is 150 Å². The summed E-state index contributed by atoms with van der Waals surface area (Å²) in [5.41, 5.74) is 22.5. The van der Waals surface area contributed by atoms with E-state index in [1.807, 2.05) is 126 Å². The second-order valence-corrected chi connectivity index (χ2v) is 41.0. The van der Waals surface area contributed by atoms with Crippen molar-refractivity contribution in [2.75, 3.05) is 65.3 Å². The fraction of sp³-hybridized carbons (Fsp3) is 0.423. The van der Waals surface area contributed by atoms with E-state index in [2.05, 4.69) is 137 Å². The van der Waals surface area contributed by atoms with Gasteiger partial charge in [-0.1, -0.05) is 110 Å². The van der Waals surface area contributed by atoms with Crippen LogP contribution < -0.4 is 87.9 Å². The standard InChI is InChI=1S/C28H30N6O3.C28H39OP.C23H20BrN5O2.C12H9N.C5H10BF2NO.CH4O3S.FH.K.Pd/c35-26(23-15-29-34-17-18(5-6-24(23)34)16-33-7-9-37-10-8-33)30-20-13-28(14-20)11-19(12-28)25-21-3-1-2-4-22(21)27(36)32-31-25;1-21(2)29-26-19-12-13-22(3)28(26)25-18-10-11-20-27(25)30(23-14-6-4-7-15-23)24-16-8-5-9-17-24;24-14-5-6-19-18(11-25-29(19)12-14)21(30)26-15-9-23(10-15)7-13(8-23)20-16-3-1-2-4-17(16)22(31)28-27-20;13-12-9-5-4-8-11(12)10-6-2-1-3-7-10;7-6(8)5-9-1-3-10-4-2-9;1-5(2,3)4;;;/h1-6,15,17,19-20H,7-14,16H2,(H,30,35)(H,32,36);10-13,18-21,23-24H,4-9,14-17H2,1-3H3;1-6,11-13,15H,7-10H2,(H,26,30)(H,28,31);1-6,8-9,13H;1-5H2;1H3,(H,2,3,4);1H;;/q;;;-2;;;;+1;+2. The number of aromatic nitrogens is 8. The number of hydrogen-bond donors (Lipinski definition) is 5. The molecule has 20 rings (SSSR count). The summed E-state index contributed by atoms with van der Waals surface area (Å²) >= 11 is 3.42. The summed E-state index contributed by atoms with van der Waals surface area (Å²) in [6, 6.07) is 58.0. The molecule has 32 heteroatoms. The molecule has 8 heterocycles. The molecular formula is C97H113BBrF3KN13O10PPdS+. The smallest absolute Gasteiger partial charge is 1.00 e. The number of aryl methyl sites for hydroxylation is 1. The Hall–Kier alpha value is -7.67. The Labute approximate surface area is 818 Å². The van der Waals surface area contributed by atoms with Crippen LogP contribution in [0, 0.1) is 23.8 Å². The number of rotatable bonds is 17. The molecule has 8 fully saturated rings. The first-order chi connectivity index (χ1) is 60.9. The summed E-state index contributed by atoms with van der Waals surface area (Å²) in [6.45, 7) is 13.3. The number of pyridine rings is 2. The zero-order valence-corrected chi connectivity index (χ0v) is 81.8. The molecule has 0 bridgehead atoms. The molecule has 0 unspecified atom stereocenters. The molecule has 2 spiro atoms. The van der Waals surface area contributed by atoms with E-state index in [9.17, 15) is 36.2 Å². The monoisotopic (exact) mass is 1970 g/mol. The van der Waals surface area contributed by atoms with Crippen molar-refractivity contribution in [1.82, 2.24) is 60.1 Å². The minimum atomic E-state index is -3.67. The maximum atomic E-state index is 13.1. The van der Waals surface area contributed by atoms with Gasteiger partial charge in [0.1, 0.15) is 5.75 Å². The van der Waals surface area contributed by atoms with Gasteiger partial charge in [0.2, 0.25) is 0 Å². The summed E-state index contributed by atoms with van der Waals surface area (Å²) in [5.74, 6) is 1.65. The molecule has 12 aromatic rings. The van der Waals surface area contributed by atoms with Crippen LogP contribution in [0.25, 0.3) is 60.6 Å². The first-order valence-electron chi connectivity index (χ1n) is 44.4. The Kier molecular flexibility index (Phi) is 36.0. The Morgan fingerprint density at radius 2 is 1.09 bits per heavy atom. The fourth-order valence-corrected chi connectivity index (χ4v) is 25.0. The van der Waals surface area contributed by atoms with Crippen molar-refractivity contribution in [3.8, 4) is 28.0 Å². The number of aromatic amines is 2. The second kappa shape index (κ2) is 46.3. The van der Waals surface area contributed by atoms with Crippen LogP contribution in [-0.2, 0) is 46.6 Å². The van der Waals surface area contributed by atoms with Crippen molar-refractivity contribution in [3.05, 3.63) is 259 Å². The molecule has 6 N–H and O–H groups in total. The van der Waals surface area contributed by atoms with Crippen LogP contribution >= 0.6 is 23.9 Å². The Morgan fingerprint density at radius 3 is 1.59 bits per heavy atom. The molecule has 23 nitrogen and oxygen atoms in total. The molecule has 6 aliphatic carbocycles. The minimum Gasteiger partial charge on any atom is -1.00 e. The quantitative estimate of drug-likeness (QED) is 0.0245. The number of nitrogens with zero attached hydrogens (tertiary/aromatic N) is 8. The van der Waals surface area contributed by atoms with E-state index in [-0.39, 0.29) is 135 Å². The number of fused-ring (bicyclic) bond motifs is 4. The number of H-pyrrole nitrogens is 2. The van der Waals surface area contributed by atoms with Crippen molar-refractivity contribution in [1.29, 1.82) is 0 Å². The van der Waals surface area contributed by atoms with Crippen molar-refractivity contribution in [2.45, 2.75) is 184 Å². The van der Waals surface area contributed by atoms with Gasteiger partial charge in [-0.15, -0.1) is 41.5 Å². The largest absolute Gasteiger partial charge is 2.00 e. The zero-order chi connectivity index (χ0) is 88.1. The number of nitrogens with one attached hydrogen (secondary N) is 5. The van der Waals surface area contributed by atoms with Crippen molar-refractivity contribution in [3.63, 3.8) is 0 Å². The van der Waals surface area contributed by atoms with Crippen molar-refractivity contribution < 1.29 is 122 Å². The maximum absolute atomic E-state index is 13.1. The molecule has 0 radical (unpaired) electrons. The molecule has 2 saturated heterocycles. The summed E-state index contributed by atoms with van der Waals surface area (Å²) < 4.78 is 70.5. The van der Waals surface area contributed by atoms with Gasteiger partial charge in [-0.05, 0) is 204 Å². The number of benzene rings is 6. The average Bonchev–Trinajstić information content (AvgIpc) is 1.15. The average molecular weight is 1980 g/mol. The Morgan fingerprint density at radius 1 is 0.628 bits per heavy atom. The SMILES string of the molecule is CS(=O)(=O)O.Cc1cccc(OC(C)C)c1-c1ccccc1[PH+](C1CCCCC1)C1CCCCC1.FB(F)CN1CCOCC1.O=C(NC1CC2(C1)CC(c1n[nH]c(=O)c3ccccc13)C2)c1cnn2cc(Br)ccc12.O=C(NC1CC2(C1)CC(c1n[nH]c(=O)c3ccccc13)C2)c1cnn2cc(CN3CCOCC3)ccc12.[F-].[K+].[NH-]c1ccccc1-c1[c-]cccc1.[Pd+2]. The van der Waals surface area contributed by atoms with Crippen LogP contribution in [0.15, 0.2) is 203 Å². The third-order valence-electron chi connectivity index (χ3n) is 26.0. The zero-order valence-electron chi connectivity index (χ0n) is 73.8. The minimum absolute atomic E-state index is 0. The molecule has 6 aromatic carbocycles. The van der Waals surface area contributed by atoms with Crippen LogP contribution in [0.5, 0.6) is 5.75 Å². The first-order valence-corrected chi connectivity index (χ1v) is 48.7. The topological polar surface area (TPSA) is 297 Å². The van der Waals surface area contributed by atoms with Crippen LogP contribution in [-0.4, -0.2) is 176 Å². The number of amides is 2. The first kappa shape index (κ1) is 100. The number of halogens is 4. The molecule has 6 saturated carbocycles. The number of carbonyl (C=O) groups excluding carboxylic acids is 2. The van der Waals surface area contributed by atoms with E-state index < -0.39 is 25.3 Å². The maximum Gasteiger partial charge on any atom is 2.00 e. The van der Waals surface area contributed by atoms with Crippen molar-refractivity contribution in [2.24, 2.45) is 10.8 Å². The number of carbonyl (C=O) groups is 2. The molecular weight excluding hydrogens is 1860 g/mol. The summed E-state index contributed by atoms with van der Waals surface area (Å²) in [6.07, 6.45) is 30.6. The van der Waals surface area contributed by atoms with E-state index in [1.165, 1.54) is 86.5 Å². The van der Waals surface area contributed by atoms with Crippen molar-refractivity contribution >= 4 is 96.6 Å². The number of hydrogen-bond acceptors (Lipinski definition) is 15. The molecule has 2 aliphatic heterocycles. The predicted molar refractivity (Wildman–Crippen MR) is 500 cm³/mol. The molecule has 0 atom stereocenters. The van der Waals surface area contributed by atoms with Crippen LogP contribution in [0.1, 0.15) is 184 Å². The molecule has 129 heavy (non-hydrogen) atoms. The van der Waals surface area contributed by atoms with Gasteiger partial charge in [0, 0.05) is 110 Å². The van der Waals surface area contributed by atoms with Gasteiger partial charge < -0.3 is 40.2 Å². The van der Waals surface area contributed by atoms with Crippen LogP contribution in [0.4, 0.5) is 14.3 Å². The molecule has 2 amide bonds. The summed E-state index contributed by atoms with van der Waals surface area (Å²) in [7, 11) is -6.49. The third-order valence-corrected chi connectivity index (χ3v) is 30.4. The normalized spacial score (nSPS) is 20.8. The number of morpholine rings is 2. The summed E-state index contributed by atoms with van der Waals surface area (Å²) in [4.78, 5) is 54.1. The van der Waals surface area contributed by atoms with Crippen LogP contribution in [0.2, 0.25) is 0 Å². The van der Waals surface area contributed by atoms with Gasteiger partial charge in [0.25, 0.3) is 33.1 Å². The second-order valence-electron chi connectivity index (χ2n) is 35.5. The third kappa shape index (κ3) is 25.6. The van der Waals surface area contributed by atoms with Gasteiger partial charge in [-0.2, -0.15) is 34.5 Å². The van der Waals surface area contributed by atoms with E-state index in [1.54, 1.807) is 33.2 Å². The Bertz CT molecular complexity index is 5970. The Balaban J connectivity index is 0.000000151. The van der Waals surface area contributed by atoms with Gasteiger partial charge in [0.05, 0.1) is 112 Å². The molecule has 8 aliphatic rings. The molecule has 6 aromatic heterocycles. The van der Waals surface area contributed by atoms with Gasteiger partial charge >= 0.3 is 79.1 Å². The van der Waals surface area contributed by atoms with Gasteiger partial charge in [-0.3, -0.25) is 37.3 Å². The predicted octanol–water partition coefficient (Wildman–Crippen LogP) is 12.2. The van der Waals surface area contributed by atoms with Gasteiger partial charge in [0.15, 0.2) is 0 Å². The van der Waals surface area contributed by atoms with E-state index in [4.69, 9.17) is 24.5 Å². The molecule has 678 valence electrons. The van der Waals surface area contributed by atoms with E-state index >= 15 is 0 Å². The fourth-order valence-electron chi connectivity index (χ4n) is 20.2. The summed E-state index contributed by atoms with van der Waals surface area (Å²) in [5, 5.41) is 34.2. The van der Waals surface area contributed by atoms with E-state index in [0.29, 0.717) is 72.0 Å². The number of ether oxygens (including phenoxy) is 3.